The van der Waals surface area contributed by atoms with Gasteiger partial charge in [-0.25, -0.2) is 0 Å². The Kier molecular flexibility index (Phi) is 5.13. The first-order valence-corrected chi connectivity index (χ1v) is 7.38. The van der Waals surface area contributed by atoms with Gasteiger partial charge in [-0.15, -0.1) is 0 Å². The normalized spacial score (nSPS) is 10.6. The van der Waals surface area contributed by atoms with Gasteiger partial charge in [0.15, 0.2) is 0 Å². The molecule has 0 radical (unpaired) electrons. The van der Waals surface area contributed by atoms with Crippen LogP contribution < -0.4 is 5.32 Å². The molecule has 2 aromatic rings. The molecule has 0 bridgehead atoms. The van der Waals surface area contributed by atoms with Crippen LogP contribution in [0.3, 0.4) is 0 Å². The topological polar surface area (TPSA) is 53.6 Å². The maximum absolute atomic E-state index is 8.83. The van der Waals surface area contributed by atoms with Crippen molar-refractivity contribution in [2.45, 2.75) is 40.3 Å². The molecule has 4 heteroatoms. The van der Waals surface area contributed by atoms with E-state index in [1.165, 1.54) is 11.3 Å². The zero-order valence-electron chi connectivity index (χ0n) is 13.0. The first-order chi connectivity index (χ1) is 10.2. The van der Waals surface area contributed by atoms with Crippen LogP contribution >= 0.6 is 0 Å². The van der Waals surface area contributed by atoms with Crippen LogP contribution in [0, 0.1) is 25.2 Å². The van der Waals surface area contributed by atoms with Crippen molar-refractivity contribution in [3.05, 3.63) is 52.3 Å². The zero-order valence-corrected chi connectivity index (χ0v) is 13.0. The van der Waals surface area contributed by atoms with Crippen LogP contribution in [0.25, 0.3) is 0 Å². The second-order valence-electron chi connectivity index (χ2n) is 5.29. The molecule has 1 heterocycles. The fourth-order valence-electron chi connectivity index (χ4n) is 2.39. The van der Waals surface area contributed by atoms with E-state index in [9.17, 15) is 0 Å². The van der Waals surface area contributed by atoms with E-state index in [4.69, 9.17) is 5.26 Å². The SMILES string of the molecule is CCCNCc1c(C)nn(Cc2ccc(C#N)cc2)c1C. The minimum Gasteiger partial charge on any atom is -0.313 e. The molecule has 0 saturated carbocycles. The Morgan fingerprint density at radius 1 is 1.24 bits per heavy atom. The van der Waals surface area contributed by atoms with Crippen LogP contribution in [0.2, 0.25) is 0 Å². The Morgan fingerprint density at radius 2 is 1.95 bits per heavy atom. The smallest absolute Gasteiger partial charge is 0.0991 e. The van der Waals surface area contributed by atoms with Gasteiger partial charge in [-0.2, -0.15) is 10.4 Å². The van der Waals surface area contributed by atoms with Crippen LogP contribution in [0.4, 0.5) is 0 Å². The summed E-state index contributed by atoms with van der Waals surface area (Å²) < 4.78 is 2.04. The molecule has 1 N–H and O–H groups in total. The largest absolute Gasteiger partial charge is 0.313 e. The van der Waals surface area contributed by atoms with Crippen LogP contribution in [0.5, 0.6) is 0 Å². The second-order valence-corrected chi connectivity index (χ2v) is 5.29. The summed E-state index contributed by atoms with van der Waals surface area (Å²) in [7, 11) is 0. The van der Waals surface area contributed by atoms with E-state index in [1.54, 1.807) is 0 Å². The van der Waals surface area contributed by atoms with Gasteiger partial charge >= 0.3 is 0 Å². The number of nitrogens with zero attached hydrogens (tertiary/aromatic N) is 3. The average Bonchev–Trinajstić information content (AvgIpc) is 2.75. The van der Waals surface area contributed by atoms with E-state index in [-0.39, 0.29) is 0 Å². The van der Waals surface area contributed by atoms with Gasteiger partial charge < -0.3 is 5.32 Å². The highest BCUT2D eigenvalue weighted by Gasteiger charge is 2.11. The van der Waals surface area contributed by atoms with Crippen LogP contribution in [0.15, 0.2) is 24.3 Å². The fourth-order valence-corrected chi connectivity index (χ4v) is 2.39. The van der Waals surface area contributed by atoms with Gasteiger partial charge in [-0.1, -0.05) is 19.1 Å². The molecule has 0 amide bonds. The summed E-state index contributed by atoms with van der Waals surface area (Å²) in [4.78, 5) is 0. The quantitative estimate of drug-likeness (QED) is 0.829. The third-order valence-corrected chi connectivity index (χ3v) is 3.68. The maximum atomic E-state index is 8.83. The fraction of sp³-hybridized carbons (Fsp3) is 0.412. The standard InChI is InChI=1S/C17H22N4/c1-4-9-19-11-17-13(2)20-21(14(17)3)12-16-7-5-15(10-18)6-8-16/h5-8,19H,4,9,11-12H2,1-3H3. The van der Waals surface area contributed by atoms with Crippen LogP contribution in [-0.4, -0.2) is 16.3 Å². The van der Waals surface area contributed by atoms with Crippen molar-refractivity contribution in [3.63, 3.8) is 0 Å². The van der Waals surface area contributed by atoms with E-state index in [2.05, 4.69) is 37.3 Å². The van der Waals surface area contributed by atoms with Gasteiger partial charge in [0.25, 0.3) is 0 Å². The lowest BCUT2D eigenvalue weighted by molar-refractivity contribution is 0.650. The second kappa shape index (κ2) is 7.05. The van der Waals surface area contributed by atoms with E-state index in [0.717, 1.165) is 37.3 Å². The predicted molar refractivity (Wildman–Crippen MR) is 84.0 cm³/mol. The highest BCUT2D eigenvalue weighted by Crippen LogP contribution is 2.15. The summed E-state index contributed by atoms with van der Waals surface area (Å²) in [5.74, 6) is 0. The van der Waals surface area contributed by atoms with Gasteiger partial charge in [-0.05, 0) is 44.5 Å². The van der Waals surface area contributed by atoms with Gasteiger partial charge in [0, 0.05) is 17.8 Å². The predicted octanol–water partition coefficient (Wildman–Crippen LogP) is 2.92. The molecule has 0 unspecified atom stereocenters. The minimum absolute atomic E-state index is 0.691. The summed E-state index contributed by atoms with van der Waals surface area (Å²) >= 11 is 0. The highest BCUT2D eigenvalue weighted by molar-refractivity contribution is 5.32. The molecule has 0 aliphatic carbocycles. The van der Waals surface area contributed by atoms with Gasteiger partial charge in [-0.3, -0.25) is 4.68 Å². The highest BCUT2D eigenvalue weighted by atomic mass is 15.3. The molecular formula is C17H22N4. The number of hydrogen-bond donors (Lipinski definition) is 1. The molecule has 1 aromatic heterocycles. The molecule has 110 valence electrons. The Hall–Kier alpha value is -2.12. The summed E-state index contributed by atoms with van der Waals surface area (Å²) in [5, 5.41) is 16.9. The van der Waals surface area contributed by atoms with Crippen molar-refractivity contribution >= 4 is 0 Å². The third kappa shape index (κ3) is 3.71. The lowest BCUT2D eigenvalue weighted by atomic mass is 10.1. The van der Waals surface area contributed by atoms with Gasteiger partial charge in [0.1, 0.15) is 0 Å². The molecule has 0 saturated heterocycles. The van der Waals surface area contributed by atoms with Gasteiger partial charge in [0.05, 0.1) is 23.9 Å². The minimum atomic E-state index is 0.691. The van der Waals surface area contributed by atoms with Gasteiger partial charge in [0.2, 0.25) is 0 Å². The first-order valence-electron chi connectivity index (χ1n) is 7.38. The Labute approximate surface area is 126 Å². The summed E-state index contributed by atoms with van der Waals surface area (Å²) in [6.45, 7) is 8.99. The van der Waals surface area contributed by atoms with Crippen LogP contribution in [-0.2, 0) is 13.1 Å². The lowest BCUT2D eigenvalue weighted by Gasteiger charge is -2.07. The molecule has 2 rings (SSSR count). The molecule has 0 aliphatic heterocycles. The molecule has 1 aromatic carbocycles. The van der Waals surface area contributed by atoms with Crippen molar-refractivity contribution in [2.75, 3.05) is 6.54 Å². The van der Waals surface area contributed by atoms with Crippen molar-refractivity contribution < 1.29 is 0 Å². The van der Waals surface area contributed by atoms with E-state index in [0.29, 0.717) is 5.56 Å². The van der Waals surface area contributed by atoms with Crippen molar-refractivity contribution in [1.82, 2.24) is 15.1 Å². The number of nitrogens with one attached hydrogen (secondary N) is 1. The molecule has 0 atom stereocenters. The Balaban J connectivity index is 2.13. The lowest BCUT2D eigenvalue weighted by Crippen LogP contribution is -2.15. The van der Waals surface area contributed by atoms with Crippen LogP contribution in [0.1, 0.15) is 41.4 Å². The van der Waals surface area contributed by atoms with Crippen molar-refractivity contribution in [2.24, 2.45) is 0 Å². The zero-order chi connectivity index (χ0) is 15.2. The van der Waals surface area contributed by atoms with E-state index < -0.39 is 0 Å². The molecule has 0 aliphatic rings. The Bertz CT molecular complexity index is 632. The first kappa shape index (κ1) is 15.3. The third-order valence-electron chi connectivity index (χ3n) is 3.68. The molecule has 21 heavy (non-hydrogen) atoms. The summed E-state index contributed by atoms with van der Waals surface area (Å²) in [6, 6.07) is 9.82. The Morgan fingerprint density at radius 3 is 2.57 bits per heavy atom. The molecular weight excluding hydrogens is 260 g/mol. The number of hydrogen-bond acceptors (Lipinski definition) is 3. The molecule has 0 spiro atoms. The number of aromatic nitrogens is 2. The number of benzene rings is 1. The number of nitriles is 1. The van der Waals surface area contributed by atoms with E-state index >= 15 is 0 Å². The molecule has 0 fully saturated rings. The number of rotatable bonds is 6. The summed E-state index contributed by atoms with van der Waals surface area (Å²) in [6.07, 6.45) is 1.14. The van der Waals surface area contributed by atoms with Crippen molar-refractivity contribution in [1.29, 1.82) is 5.26 Å². The van der Waals surface area contributed by atoms with E-state index in [1.807, 2.05) is 28.9 Å². The van der Waals surface area contributed by atoms with Crippen molar-refractivity contribution in [3.8, 4) is 6.07 Å². The monoisotopic (exact) mass is 282 g/mol. The summed E-state index contributed by atoms with van der Waals surface area (Å²) in [5.41, 5.74) is 5.44. The molecule has 4 nitrogen and oxygen atoms in total. The maximum Gasteiger partial charge on any atom is 0.0991 e. The number of aryl methyl sites for hydroxylation is 1. The average molecular weight is 282 g/mol.